The molecule has 2 fully saturated rings. The van der Waals surface area contributed by atoms with E-state index in [2.05, 4.69) is 22.5 Å². The molecule has 0 amide bonds. The Morgan fingerprint density at radius 2 is 2.03 bits per heavy atom. The van der Waals surface area contributed by atoms with Gasteiger partial charge >= 0.3 is 0 Å². The molecule has 2 saturated heterocycles. The molecule has 1 aromatic rings. The van der Waals surface area contributed by atoms with Gasteiger partial charge in [0, 0.05) is 38.8 Å². The minimum Gasteiger partial charge on any atom is -0.493 e. The van der Waals surface area contributed by atoms with Crippen LogP contribution in [0.25, 0.3) is 0 Å². The third-order valence-electron chi connectivity index (χ3n) is 5.76. The molecule has 2 aliphatic heterocycles. The minimum atomic E-state index is 0.466. The molecule has 0 spiro atoms. The van der Waals surface area contributed by atoms with Gasteiger partial charge in [-0.15, -0.1) is 0 Å². The second-order valence-corrected chi connectivity index (χ2v) is 8.06. The lowest BCUT2D eigenvalue weighted by molar-refractivity contribution is 0.150. The number of aliphatic imine (C=N–C) groups is 1. The van der Waals surface area contributed by atoms with E-state index in [9.17, 15) is 0 Å². The van der Waals surface area contributed by atoms with Crippen LogP contribution < -0.4 is 20.1 Å². The van der Waals surface area contributed by atoms with Crippen molar-refractivity contribution in [3.8, 4) is 11.5 Å². The maximum Gasteiger partial charge on any atom is 0.191 e. The monoisotopic (exact) mass is 418 g/mol. The van der Waals surface area contributed by atoms with Crippen molar-refractivity contribution in [1.82, 2.24) is 15.5 Å². The van der Waals surface area contributed by atoms with Crippen molar-refractivity contribution < 1.29 is 14.2 Å². The van der Waals surface area contributed by atoms with Crippen LogP contribution in [0.5, 0.6) is 11.5 Å². The molecule has 0 saturated carbocycles. The molecule has 2 aliphatic rings. The van der Waals surface area contributed by atoms with Crippen molar-refractivity contribution in [3.05, 3.63) is 23.8 Å². The molecule has 1 aromatic carbocycles. The average molecular weight is 419 g/mol. The van der Waals surface area contributed by atoms with Crippen LogP contribution in [0.3, 0.4) is 0 Å². The molecular formula is C23H38N4O3. The molecule has 1 unspecified atom stereocenters. The zero-order valence-corrected chi connectivity index (χ0v) is 18.8. The number of nitrogens with zero attached hydrogens (tertiary/aromatic N) is 2. The third-order valence-corrected chi connectivity index (χ3v) is 5.76. The highest BCUT2D eigenvalue weighted by Gasteiger charge is 2.24. The normalized spacial score (nSPS) is 20.9. The van der Waals surface area contributed by atoms with E-state index in [1.165, 1.54) is 13.0 Å². The van der Waals surface area contributed by atoms with Gasteiger partial charge in [-0.2, -0.15) is 0 Å². The van der Waals surface area contributed by atoms with E-state index >= 15 is 0 Å². The van der Waals surface area contributed by atoms with Crippen molar-refractivity contribution >= 4 is 5.96 Å². The fraction of sp³-hybridized carbons (Fsp3) is 0.696. The molecule has 0 aromatic heterocycles. The number of methoxy groups -OCH3 is 1. The first-order valence-corrected chi connectivity index (χ1v) is 11.4. The van der Waals surface area contributed by atoms with Crippen molar-refractivity contribution in [2.45, 2.75) is 45.7 Å². The first kappa shape index (κ1) is 22.7. The van der Waals surface area contributed by atoms with E-state index in [1.807, 2.05) is 25.1 Å². The van der Waals surface area contributed by atoms with Gasteiger partial charge in [0.25, 0.3) is 0 Å². The second-order valence-electron chi connectivity index (χ2n) is 8.06. The SMILES string of the molecule is CCNC(=NCc1ccc(OC)c(OCC)c1)NC1CCN(CC2CCOC2)CC1. The Bertz CT molecular complexity index is 668. The van der Waals surface area contributed by atoms with Crippen LogP contribution in [0, 0.1) is 5.92 Å². The zero-order chi connectivity index (χ0) is 21.2. The Kier molecular flexibility index (Phi) is 9.08. The molecule has 1 atom stereocenters. The lowest BCUT2D eigenvalue weighted by Gasteiger charge is -2.34. The third kappa shape index (κ3) is 6.77. The van der Waals surface area contributed by atoms with Gasteiger partial charge in [0.2, 0.25) is 0 Å². The number of benzene rings is 1. The van der Waals surface area contributed by atoms with Crippen LogP contribution in [0.15, 0.2) is 23.2 Å². The van der Waals surface area contributed by atoms with Gasteiger partial charge in [-0.05, 0) is 56.7 Å². The quantitative estimate of drug-likeness (QED) is 0.475. The number of likely N-dealkylation sites (tertiary alicyclic amines) is 1. The van der Waals surface area contributed by atoms with E-state index in [4.69, 9.17) is 19.2 Å². The number of ether oxygens (including phenoxy) is 3. The highest BCUT2D eigenvalue weighted by Crippen LogP contribution is 2.28. The van der Waals surface area contributed by atoms with Crippen LogP contribution in [-0.2, 0) is 11.3 Å². The summed E-state index contributed by atoms with van der Waals surface area (Å²) in [7, 11) is 1.66. The van der Waals surface area contributed by atoms with Gasteiger partial charge in [-0.3, -0.25) is 0 Å². The summed E-state index contributed by atoms with van der Waals surface area (Å²) in [6.07, 6.45) is 3.51. The number of piperidine rings is 1. The molecule has 0 radical (unpaired) electrons. The number of guanidine groups is 1. The zero-order valence-electron chi connectivity index (χ0n) is 18.8. The second kappa shape index (κ2) is 12.0. The van der Waals surface area contributed by atoms with Gasteiger partial charge in [0.05, 0.1) is 26.9 Å². The molecule has 3 rings (SSSR count). The van der Waals surface area contributed by atoms with Crippen molar-refractivity contribution in [1.29, 1.82) is 0 Å². The minimum absolute atomic E-state index is 0.466. The highest BCUT2D eigenvalue weighted by atomic mass is 16.5. The molecule has 7 nitrogen and oxygen atoms in total. The Morgan fingerprint density at radius 3 is 2.70 bits per heavy atom. The number of hydrogen-bond acceptors (Lipinski definition) is 5. The largest absolute Gasteiger partial charge is 0.493 e. The van der Waals surface area contributed by atoms with E-state index in [1.54, 1.807) is 7.11 Å². The predicted octanol–water partition coefficient (Wildman–Crippen LogP) is 2.65. The van der Waals surface area contributed by atoms with E-state index < -0.39 is 0 Å². The van der Waals surface area contributed by atoms with Crippen molar-refractivity contribution in [2.24, 2.45) is 10.9 Å². The maximum absolute atomic E-state index is 5.68. The predicted molar refractivity (Wildman–Crippen MR) is 121 cm³/mol. The molecular weight excluding hydrogens is 380 g/mol. The van der Waals surface area contributed by atoms with Gasteiger partial charge in [0.15, 0.2) is 17.5 Å². The molecule has 2 heterocycles. The Labute approximate surface area is 181 Å². The summed E-state index contributed by atoms with van der Waals surface area (Å²) >= 11 is 0. The molecule has 7 heteroatoms. The average Bonchev–Trinajstić information content (AvgIpc) is 3.27. The molecule has 168 valence electrons. The van der Waals surface area contributed by atoms with Gasteiger partial charge in [-0.1, -0.05) is 6.07 Å². The Morgan fingerprint density at radius 1 is 1.20 bits per heavy atom. The fourth-order valence-electron chi connectivity index (χ4n) is 4.12. The summed E-state index contributed by atoms with van der Waals surface area (Å²) in [6.45, 7) is 11.5. The topological polar surface area (TPSA) is 67.4 Å². The number of rotatable bonds is 9. The van der Waals surface area contributed by atoms with E-state index in [0.717, 1.165) is 74.6 Å². The first-order chi connectivity index (χ1) is 14.7. The number of hydrogen-bond donors (Lipinski definition) is 2. The standard InChI is InChI=1S/C23H38N4O3/c1-4-24-23(25-15-18-6-7-21(28-3)22(14-18)30-5-2)26-20-8-11-27(12-9-20)16-19-10-13-29-17-19/h6-7,14,19-20H,4-5,8-13,15-17H2,1-3H3,(H2,24,25,26). The van der Waals surface area contributed by atoms with Crippen molar-refractivity contribution in [3.63, 3.8) is 0 Å². The van der Waals surface area contributed by atoms with Crippen LogP contribution in [0.2, 0.25) is 0 Å². The van der Waals surface area contributed by atoms with E-state index in [-0.39, 0.29) is 0 Å². The molecule has 0 aliphatic carbocycles. The lowest BCUT2D eigenvalue weighted by atomic mass is 10.0. The van der Waals surface area contributed by atoms with Crippen molar-refractivity contribution in [2.75, 3.05) is 53.1 Å². The number of nitrogens with one attached hydrogen (secondary N) is 2. The summed E-state index contributed by atoms with van der Waals surface area (Å²) in [5, 5.41) is 7.02. The van der Waals surface area contributed by atoms with Gasteiger partial charge in [0.1, 0.15) is 0 Å². The van der Waals surface area contributed by atoms with Crippen LogP contribution >= 0.6 is 0 Å². The summed E-state index contributed by atoms with van der Waals surface area (Å²) in [5.41, 5.74) is 1.10. The van der Waals surface area contributed by atoms with Gasteiger partial charge < -0.3 is 29.7 Å². The fourth-order valence-corrected chi connectivity index (χ4v) is 4.12. The molecule has 2 N–H and O–H groups in total. The summed E-state index contributed by atoms with van der Waals surface area (Å²) in [4.78, 5) is 7.40. The van der Waals surface area contributed by atoms with Crippen LogP contribution in [0.1, 0.15) is 38.7 Å². The lowest BCUT2D eigenvalue weighted by Crippen LogP contribution is -2.49. The summed E-state index contributed by atoms with van der Waals surface area (Å²) in [5.74, 6) is 3.13. The highest BCUT2D eigenvalue weighted by molar-refractivity contribution is 5.80. The first-order valence-electron chi connectivity index (χ1n) is 11.4. The molecule has 0 bridgehead atoms. The Hall–Kier alpha value is -1.99. The Balaban J connectivity index is 1.51. The van der Waals surface area contributed by atoms with Crippen LogP contribution in [0.4, 0.5) is 0 Å². The van der Waals surface area contributed by atoms with E-state index in [0.29, 0.717) is 19.2 Å². The van der Waals surface area contributed by atoms with Gasteiger partial charge in [-0.25, -0.2) is 4.99 Å². The summed E-state index contributed by atoms with van der Waals surface area (Å²) in [6, 6.07) is 6.47. The maximum atomic E-state index is 5.68. The summed E-state index contributed by atoms with van der Waals surface area (Å²) < 4.78 is 16.6. The molecule has 30 heavy (non-hydrogen) atoms. The van der Waals surface area contributed by atoms with Crippen LogP contribution in [-0.4, -0.2) is 70.0 Å². The smallest absolute Gasteiger partial charge is 0.191 e.